The number of aliphatic hydroxyl groups is 1. The average Bonchev–Trinajstić information content (AvgIpc) is 2.22. The van der Waals surface area contributed by atoms with Crippen LogP contribution in [0.25, 0.3) is 0 Å². The molecule has 8 nitrogen and oxygen atoms in total. The van der Waals surface area contributed by atoms with Gasteiger partial charge in [0.05, 0.1) is 12.6 Å². The van der Waals surface area contributed by atoms with Gasteiger partial charge in [-0.2, -0.15) is 0 Å². The highest BCUT2D eigenvalue weighted by Gasteiger charge is 2.11. The zero-order chi connectivity index (χ0) is 11.8. The standard InChI is InChI=1S/C7H15N5O3/c1-11-7(4(8)2-13)12-15-3-5(9)6(10)14/h4-5,13H,1-3,8-9H2,(H2,10,14)/b12-7-. The van der Waals surface area contributed by atoms with Crippen molar-refractivity contribution in [2.75, 3.05) is 13.2 Å². The van der Waals surface area contributed by atoms with Gasteiger partial charge in [0.2, 0.25) is 5.91 Å². The Labute approximate surface area is 86.8 Å². The van der Waals surface area contributed by atoms with E-state index in [2.05, 4.69) is 21.7 Å². The van der Waals surface area contributed by atoms with Crippen molar-refractivity contribution in [3.63, 3.8) is 0 Å². The zero-order valence-electron chi connectivity index (χ0n) is 8.17. The molecule has 1 amide bonds. The predicted molar refractivity (Wildman–Crippen MR) is 55.2 cm³/mol. The van der Waals surface area contributed by atoms with E-state index in [-0.39, 0.29) is 19.0 Å². The van der Waals surface area contributed by atoms with Crippen LogP contribution >= 0.6 is 0 Å². The third-order valence-electron chi connectivity index (χ3n) is 1.47. The quantitative estimate of drug-likeness (QED) is 0.214. The number of hydrogen-bond acceptors (Lipinski definition) is 6. The van der Waals surface area contributed by atoms with Crippen LogP contribution in [0.1, 0.15) is 0 Å². The van der Waals surface area contributed by atoms with Crippen molar-refractivity contribution in [1.29, 1.82) is 0 Å². The van der Waals surface area contributed by atoms with Gasteiger partial charge in [-0.1, -0.05) is 5.16 Å². The van der Waals surface area contributed by atoms with Gasteiger partial charge in [0.1, 0.15) is 12.6 Å². The summed E-state index contributed by atoms with van der Waals surface area (Å²) < 4.78 is 0. The van der Waals surface area contributed by atoms with Gasteiger partial charge >= 0.3 is 0 Å². The van der Waals surface area contributed by atoms with Gasteiger partial charge in [-0.05, 0) is 6.72 Å². The molecule has 2 unspecified atom stereocenters. The normalized spacial score (nSPS) is 15.5. The number of hydrogen-bond donors (Lipinski definition) is 4. The lowest BCUT2D eigenvalue weighted by Crippen LogP contribution is -2.40. The van der Waals surface area contributed by atoms with Gasteiger partial charge in [0.25, 0.3) is 0 Å². The van der Waals surface area contributed by atoms with Crippen molar-refractivity contribution in [3.8, 4) is 0 Å². The molecule has 0 aromatic carbocycles. The molecule has 0 spiro atoms. The molecular weight excluding hydrogens is 202 g/mol. The van der Waals surface area contributed by atoms with E-state index in [9.17, 15) is 4.79 Å². The fourth-order valence-corrected chi connectivity index (χ4v) is 0.561. The Morgan fingerprint density at radius 3 is 2.47 bits per heavy atom. The number of nitrogens with two attached hydrogens (primary N) is 3. The van der Waals surface area contributed by atoms with E-state index in [1.165, 1.54) is 0 Å². The van der Waals surface area contributed by atoms with E-state index in [4.69, 9.17) is 22.3 Å². The first-order valence-corrected chi connectivity index (χ1v) is 4.10. The Morgan fingerprint density at radius 2 is 2.07 bits per heavy atom. The number of primary amides is 1. The van der Waals surface area contributed by atoms with Gasteiger partial charge in [-0.15, -0.1) is 0 Å². The van der Waals surface area contributed by atoms with Crippen molar-refractivity contribution >= 4 is 18.5 Å². The summed E-state index contributed by atoms with van der Waals surface area (Å²) in [4.78, 5) is 18.6. The van der Waals surface area contributed by atoms with Crippen molar-refractivity contribution in [2.45, 2.75) is 12.1 Å². The molecule has 0 radical (unpaired) electrons. The van der Waals surface area contributed by atoms with Crippen LogP contribution in [-0.4, -0.2) is 48.9 Å². The van der Waals surface area contributed by atoms with Crippen LogP contribution in [0.4, 0.5) is 0 Å². The topological polar surface area (TPSA) is 149 Å². The molecule has 0 saturated heterocycles. The van der Waals surface area contributed by atoms with E-state index in [0.717, 1.165) is 0 Å². The van der Waals surface area contributed by atoms with Crippen molar-refractivity contribution in [2.24, 2.45) is 27.3 Å². The van der Waals surface area contributed by atoms with Crippen LogP contribution in [0.5, 0.6) is 0 Å². The lowest BCUT2D eigenvalue weighted by Gasteiger charge is -2.08. The number of amides is 1. The number of oxime groups is 1. The fourth-order valence-electron chi connectivity index (χ4n) is 0.561. The fraction of sp³-hybridized carbons (Fsp3) is 0.571. The molecule has 15 heavy (non-hydrogen) atoms. The maximum Gasteiger partial charge on any atom is 0.237 e. The molecule has 7 N–H and O–H groups in total. The summed E-state index contributed by atoms with van der Waals surface area (Å²) in [6.45, 7) is 2.66. The van der Waals surface area contributed by atoms with E-state index in [1.807, 2.05) is 0 Å². The number of carbonyl (C=O) groups excluding carboxylic acids is 1. The zero-order valence-corrected chi connectivity index (χ0v) is 8.17. The maximum absolute atomic E-state index is 10.5. The van der Waals surface area contributed by atoms with E-state index in [0.29, 0.717) is 0 Å². The smallest absolute Gasteiger partial charge is 0.237 e. The monoisotopic (exact) mass is 217 g/mol. The van der Waals surface area contributed by atoms with Gasteiger partial charge in [0, 0.05) is 0 Å². The van der Waals surface area contributed by atoms with E-state index >= 15 is 0 Å². The van der Waals surface area contributed by atoms with Crippen LogP contribution in [-0.2, 0) is 9.63 Å². The van der Waals surface area contributed by atoms with Crippen LogP contribution in [0, 0.1) is 0 Å². The summed E-state index contributed by atoms with van der Waals surface area (Å²) in [5.41, 5.74) is 15.5. The second kappa shape index (κ2) is 6.87. The third-order valence-corrected chi connectivity index (χ3v) is 1.47. The SMILES string of the molecule is C=N/C(=N\OCC(N)C(N)=O)C(N)CO. The highest BCUT2D eigenvalue weighted by atomic mass is 16.6. The predicted octanol–water partition coefficient (Wildman–Crippen LogP) is -2.85. The molecular formula is C7H15N5O3. The summed E-state index contributed by atoms with van der Waals surface area (Å²) in [7, 11) is 0. The second-order valence-electron chi connectivity index (χ2n) is 2.70. The number of carbonyl (C=O) groups is 1. The van der Waals surface area contributed by atoms with Crippen LogP contribution in [0.2, 0.25) is 0 Å². The summed E-state index contributed by atoms with van der Waals surface area (Å²) in [5, 5.41) is 12.1. The highest BCUT2D eigenvalue weighted by Crippen LogP contribution is 1.90. The minimum Gasteiger partial charge on any atom is -0.394 e. The van der Waals surface area contributed by atoms with Gasteiger partial charge < -0.3 is 27.1 Å². The Balaban J connectivity index is 4.13. The number of rotatable bonds is 6. The first-order chi connectivity index (χ1) is 7.02. The first kappa shape index (κ1) is 13.5. The van der Waals surface area contributed by atoms with Crippen LogP contribution in [0.15, 0.2) is 10.1 Å². The van der Waals surface area contributed by atoms with Gasteiger partial charge in [-0.25, -0.2) is 4.99 Å². The lowest BCUT2D eigenvalue weighted by atomic mass is 10.3. The molecule has 2 atom stereocenters. The minimum atomic E-state index is -0.954. The third kappa shape index (κ3) is 5.05. The largest absolute Gasteiger partial charge is 0.394 e. The first-order valence-electron chi connectivity index (χ1n) is 4.10. The van der Waals surface area contributed by atoms with Crippen molar-refractivity contribution < 1.29 is 14.7 Å². The molecule has 0 heterocycles. The number of amidine groups is 1. The second-order valence-corrected chi connectivity index (χ2v) is 2.70. The molecule has 0 fully saturated rings. The molecule has 0 aliphatic rings. The number of aliphatic hydroxyl groups excluding tert-OH is 1. The van der Waals surface area contributed by atoms with Gasteiger partial charge in [-0.3, -0.25) is 4.79 Å². The van der Waals surface area contributed by atoms with Crippen LogP contribution in [0.3, 0.4) is 0 Å². The molecule has 86 valence electrons. The number of nitrogens with zero attached hydrogens (tertiary/aromatic N) is 2. The Kier molecular flexibility index (Phi) is 6.18. The summed E-state index contributed by atoms with van der Waals surface area (Å²) in [6.07, 6.45) is 0. The highest BCUT2D eigenvalue weighted by molar-refractivity contribution is 5.90. The summed E-state index contributed by atoms with van der Waals surface area (Å²) in [6, 6.07) is -1.74. The molecule has 0 rings (SSSR count). The van der Waals surface area contributed by atoms with Crippen molar-refractivity contribution in [3.05, 3.63) is 0 Å². The summed E-state index contributed by atoms with van der Waals surface area (Å²) >= 11 is 0. The molecule has 0 aromatic heterocycles. The molecule has 0 bridgehead atoms. The van der Waals surface area contributed by atoms with Gasteiger partial charge in [0.15, 0.2) is 5.84 Å². The molecule has 0 aliphatic carbocycles. The maximum atomic E-state index is 10.5. The summed E-state index contributed by atoms with van der Waals surface area (Å²) in [5.74, 6) is -0.682. The van der Waals surface area contributed by atoms with Crippen LogP contribution < -0.4 is 17.2 Å². The number of aliphatic imine (C=N–C) groups is 1. The van der Waals surface area contributed by atoms with E-state index < -0.39 is 18.0 Å². The Hall–Kier alpha value is -1.51. The molecule has 0 aliphatic heterocycles. The van der Waals surface area contributed by atoms with Crippen molar-refractivity contribution in [1.82, 2.24) is 0 Å². The Morgan fingerprint density at radius 1 is 1.47 bits per heavy atom. The average molecular weight is 217 g/mol. The molecule has 0 aromatic rings. The Bertz CT molecular complexity index is 255. The lowest BCUT2D eigenvalue weighted by molar-refractivity contribution is -0.120. The molecule has 8 heteroatoms. The molecule has 0 saturated carbocycles. The minimum absolute atomic E-state index is 0.0224. The van der Waals surface area contributed by atoms with E-state index in [1.54, 1.807) is 0 Å².